The molecule has 0 spiro atoms. The van der Waals surface area contributed by atoms with Gasteiger partial charge in [0.15, 0.2) is 11.6 Å². The molecule has 0 aromatic heterocycles. The summed E-state index contributed by atoms with van der Waals surface area (Å²) in [5.74, 6) is -1.29. The van der Waals surface area contributed by atoms with Crippen molar-refractivity contribution in [2.24, 2.45) is 5.18 Å². The van der Waals surface area contributed by atoms with Crippen LogP contribution >= 0.6 is 0 Å². The van der Waals surface area contributed by atoms with Gasteiger partial charge < -0.3 is 0 Å². The number of hydrogen-bond acceptors (Lipinski definition) is 6. The first-order chi connectivity index (χ1) is 8.83. The zero-order valence-electron chi connectivity index (χ0n) is 10.5. The maximum absolute atomic E-state index is 11.5. The molecule has 0 aliphatic heterocycles. The monoisotopic (exact) mass is 264 g/mol. The summed E-state index contributed by atoms with van der Waals surface area (Å²) in [4.78, 5) is 43.8. The minimum Gasteiger partial charge on any atom is -0.297 e. The molecule has 0 bridgehead atoms. The molecule has 0 fully saturated rings. The first-order valence-electron chi connectivity index (χ1n) is 5.43. The van der Waals surface area contributed by atoms with E-state index in [0.29, 0.717) is 5.56 Å². The summed E-state index contributed by atoms with van der Waals surface area (Å²) in [5.41, 5.74) is -1.61. The SMILES string of the molecule is CC(=O)C(Cc1ccc([N+](=O)[O-])cc1)(N=O)C(C)=O. The van der Waals surface area contributed by atoms with E-state index >= 15 is 0 Å². The van der Waals surface area contributed by atoms with Crippen LogP contribution in [0.4, 0.5) is 5.69 Å². The number of carbonyl (C=O) groups is 2. The third-order valence-corrected chi connectivity index (χ3v) is 2.93. The molecule has 0 radical (unpaired) electrons. The van der Waals surface area contributed by atoms with Gasteiger partial charge in [-0.25, -0.2) is 0 Å². The predicted molar refractivity (Wildman–Crippen MR) is 66.7 cm³/mol. The number of nitroso groups, excluding NO2 is 1. The number of nitro benzene ring substituents is 1. The third kappa shape index (κ3) is 2.87. The van der Waals surface area contributed by atoms with Gasteiger partial charge in [-0.2, -0.15) is 0 Å². The first kappa shape index (κ1) is 14.6. The van der Waals surface area contributed by atoms with E-state index in [1.165, 1.54) is 24.3 Å². The highest BCUT2D eigenvalue weighted by molar-refractivity contribution is 6.10. The van der Waals surface area contributed by atoms with Crippen molar-refractivity contribution in [2.75, 3.05) is 0 Å². The first-order valence-corrected chi connectivity index (χ1v) is 5.43. The molecule has 19 heavy (non-hydrogen) atoms. The van der Waals surface area contributed by atoms with E-state index in [1.807, 2.05) is 0 Å². The normalized spacial score (nSPS) is 10.8. The number of rotatable bonds is 6. The Labute approximate surface area is 108 Å². The van der Waals surface area contributed by atoms with E-state index in [4.69, 9.17) is 0 Å². The van der Waals surface area contributed by atoms with Crippen molar-refractivity contribution >= 4 is 17.3 Å². The smallest absolute Gasteiger partial charge is 0.269 e. The second-order valence-electron chi connectivity index (χ2n) is 4.16. The molecule has 1 rings (SSSR count). The summed E-state index contributed by atoms with van der Waals surface area (Å²) in [6.45, 7) is 2.24. The lowest BCUT2D eigenvalue weighted by Gasteiger charge is -2.19. The number of carbonyl (C=O) groups excluding carboxylic acids is 2. The predicted octanol–water partition coefficient (Wildman–Crippen LogP) is 1.82. The molecule has 0 saturated carbocycles. The van der Waals surface area contributed by atoms with Crippen molar-refractivity contribution < 1.29 is 14.5 Å². The van der Waals surface area contributed by atoms with Crippen molar-refractivity contribution in [1.29, 1.82) is 0 Å². The van der Waals surface area contributed by atoms with Gasteiger partial charge in [0, 0.05) is 18.6 Å². The Bertz CT molecular complexity index is 522. The zero-order chi connectivity index (χ0) is 14.6. The zero-order valence-corrected chi connectivity index (χ0v) is 10.5. The number of hydrogen-bond donors (Lipinski definition) is 0. The quantitative estimate of drug-likeness (QED) is 0.337. The summed E-state index contributed by atoms with van der Waals surface area (Å²) in [6.07, 6.45) is -0.195. The maximum atomic E-state index is 11.5. The second-order valence-corrected chi connectivity index (χ2v) is 4.16. The van der Waals surface area contributed by atoms with Gasteiger partial charge in [0.1, 0.15) is 0 Å². The second kappa shape index (κ2) is 5.47. The topological polar surface area (TPSA) is 107 Å². The fraction of sp³-hybridized carbons (Fsp3) is 0.333. The molecular formula is C12H12N2O5. The molecule has 0 atom stereocenters. The van der Waals surface area contributed by atoms with Gasteiger partial charge in [-0.05, 0) is 24.6 Å². The van der Waals surface area contributed by atoms with Crippen LogP contribution < -0.4 is 0 Å². The lowest BCUT2D eigenvalue weighted by atomic mass is 9.85. The fourth-order valence-electron chi connectivity index (χ4n) is 1.69. The summed E-state index contributed by atoms with van der Waals surface area (Å²) in [5, 5.41) is 13.2. The van der Waals surface area contributed by atoms with Crippen LogP contribution in [-0.2, 0) is 16.0 Å². The molecule has 0 aliphatic rings. The highest BCUT2D eigenvalue weighted by Crippen LogP contribution is 2.22. The molecule has 1 aromatic rings. The highest BCUT2D eigenvalue weighted by Gasteiger charge is 2.42. The molecule has 7 nitrogen and oxygen atoms in total. The van der Waals surface area contributed by atoms with E-state index < -0.39 is 22.0 Å². The minimum absolute atomic E-state index is 0.112. The lowest BCUT2D eigenvalue weighted by Crippen LogP contribution is -2.44. The van der Waals surface area contributed by atoms with Gasteiger partial charge in [0.05, 0.1) is 4.92 Å². The largest absolute Gasteiger partial charge is 0.297 e. The van der Waals surface area contributed by atoms with Crippen molar-refractivity contribution in [1.82, 2.24) is 0 Å². The Morgan fingerprint density at radius 3 is 2.00 bits per heavy atom. The van der Waals surface area contributed by atoms with Crippen LogP contribution in [0.25, 0.3) is 0 Å². The summed E-state index contributed by atoms with van der Waals surface area (Å²) in [6, 6.07) is 5.27. The van der Waals surface area contributed by atoms with E-state index in [1.54, 1.807) is 0 Å². The summed E-state index contributed by atoms with van der Waals surface area (Å²) >= 11 is 0. The Hall–Kier alpha value is -2.44. The Balaban J connectivity index is 3.10. The van der Waals surface area contributed by atoms with E-state index in [0.717, 1.165) is 13.8 Å². The molecular weight excluding hydrogens is 252 g/mol. The van der Waals surface area contributed by atoms with Crippen molar-refractivity contribution in [2.45, 2.75) is 25.8 Å². The molecule has 7 heteroatoms. The fourth-order valence-corrected chi connectivity index (χ4v) is 1.69. The molecule has 0 saturated heterocycles. The summed E-state index contributed by atoms with van der Waals surface area (Å²) in [7, 11) is 0. The number of Topliss-reactive ketones (excluding diaryl/α,β-unsaturated/α-hetero) is 2. The molecule has 0 amide bonds. The van der Waals surface area contributed by atoms with E-state index in [-0.39, 0.29) is 12.1 Å². The van der Waals surface area contributed by atoms with Crippen LogP contribution in [-0.4, -0.2) is 22.0 Å². The van der Waals surface area contributed by atoms with E-state index in [9.17, 15) is 24.6 Å². The van der Waals surface area contributed by atoms with Crippen LogP contribution in [0, 0.1) is 15.0 Å². The number of benzene rings is 1. The van der Waals surface area contributed by atoms with Crippen molar-refractivity contribution in [3.05, 3.63) is 44.9 Å². The Morgan fingerprint density at radius 2 is 1.68 bits per heavy atom. The van der Waals surface area contributed by atoms with Gasteiger partial charge in [-0.15, -0.1) is 4.91 Å². The third-order valence-electron chi connectivity index (χ3n) is 2.93. The van der Waals surface area contributed by atoms with Crippen molar-refractivity contribution in [3.63, 3.8) is 0 Å². The van der Waals surface area contributed by atoms with Crippen molar-refractivity contribution in [3.8, 4) is 0 Å². The highest BCUT2D eigenvalue weighted by atomic mass is 16.6. The van der Waals surface area contributed by atoms with Gasteiger partial charge in [0.2, 0.25) is 5.54 Å². The number of non-ortho nitro benzene ring substituents is 1. The van der Waals surface area contributed by atoms with Crippen LogP contribution in [0.1, 0.15) is 19.4 Å². The summed E-state index contributed by atoms with van der Waals surface area (Å²) < 4.78 is 0. The van der Waals surface area contributed by atoms with E-state index in [2.05, 4.69) is 5.18 Å². The van der Waals surface area contributed by atoms with Gasteiger partial charge in [0.25, 0.3) is 5.69 Å². The maximum Gasteiger partial charge on any atom is 0.269 e. The van der Waals surface area contributed by atoms with Crippen LogP contribution in [0.15, 0.2) is 29.4 Å². The molecule has 0 heterocycles. The van der Waals surface area contributed by atoms with Crippen LogP contribution in [0.5, 0.6) is 0 Å². The number of nitro groups is 1. The molecule has 0 unspecified atom stereocenters. The molecule has 0 N–H and O–H groups in total. The Morgan fingerprint density at radius 1 is 1.21 bits per heavy atom. The Kier molecular flexibility index (Phi) is 4.21. The van der Waals surface area contributed by atoms with Gasteiger partial charge in [-0.1, -0.05) is 12.1 Å². The lowest BCUT2D eigenvalue weighted by molar-refractivity contribution is -0.384. The van der Waals surface area contributed by atoms with Crippen LogP contribution in [0.2, 0.25) is 0 Å². The average molecular weight is 264 g/mol. The van der Waals surface area contributed by atoms with Gasteiger partial charge in [-0.3, -0.25) is 19.7 Å². The molecule has 0 aliphatic carbocycles. The number of nitrogens with zero attached hydrogens (tertiary/aromatic N) is 2. The van der Waals surface area contributed by atoms with Gasteiger partial charge >= 0.3 is 0 Å². The minimum atomic E-state index is -1.95. The standard InChI is InChI=1S/C12H12N2O5/c1-8(15)12(13-17,9(2)16)7-10-3-5-11(6-4-10)14(18)19/h3-6H,7H2,1-2H3. The van der Waals surface area contributed by atoms with Crippen LogP contribution in [0.3, 0.4) is 0 Å². The number of ketones is 2. The molecule has 100 valence electrons. The average Bonchev–Trinajstić information content (AvgIpc) is 2.35. The molecule has 1 aromatic carbocycles.